The lowest BCUT2D eigenvalue weighted by Gasteiger charge is -2.18. The molecule has 0 saturated heterocycles. The fourth-order valence-corrected chi connectivity index (χ4v) is 7.95. The highest BCUT2D eigenvalue weighted by atomic mass is 32.2. The molecule has 0 aliphatic heterocycles. The van der Waals surface area contributed by atoms with E-state index in [1.807, 2.05) is 24.3 Å². The van der Waals surface area contributed by atoms with Crippen LogP contribution < -0.4 is 10.6 Å². The van der Waals surface area contributed by atoms with Gasteiger partial charge >= 0.3 is 0 Å². The number of carbonyl (C=O) groups is 2. The lowest BCUT2D eigenvalue weighted by Crippen LogP contribution is -2.30. The van der Waals surface area contributed by atoms with Gasteiger partial charge in [-0.15, -0.1) is 0 Å². The number of benzene rings is 4. The number of anilines is 2. The first-order valence-corrected chi connectivity index (χ1v) is 18.3. The van der Waals surface area contributed by atoms with Gasteiger partial charge < -0.3 is 10.6 Å². The number of sulfonamides is 2. The van der Waals surface area contributed by atoms with Gasteiger partial charge in [0.1, 0.15) is 0 Å². The molecule has 12 heteroatoms. The Kier molecular flexibility index (Phi) is 11.7. The predicted octanol–water partition coefficient (Wildman–Crippen LogP) is 5.84. The number of nitrogens with one attached hydrogen (secondary N) is 2. The molecule has 47 heavy (non-hydrogen) atoms. The summed E-state index contributed by atoms with van der Waals surface area (Å²) < 4.78 is 53.5. The number of carbonyl (C=O) groups excluding carboxylic acids is 2. The molecule has 0 atom stereocenters. The second kappa shape index (κ2) is 15.5. The van der Waals surface area contributed by atoms with E-state index in [0.29, 0.717) is 55.1 Å². The van der Waals surface area contributed by atoms with E-state index in [2.05, 4.69) is 10.6 Å². The fraction of sp³-hybridized carbons (Fsp3) is 0.257. The van der Waals surface area contributed by atoms with Crippen LogP contribution in [0.5, 0.6) is 0 Å². The molecule has 4 aromatic rings. The van der Waals surface area contributed by atoms with Gasteiger partial charge in [-0.1, -0.05) is 52.0 Å². The monoisotopic (exact) mass is 676 g/mol. The third-order valence-electron chi connectivity index (χ3n) is 7.75. The first-order valence-electron chi connectivity index (χ1n) is 15.4. The zero-order valence-corrected chi connectivity index (χ0v) is 28.6. The van der Waals surface area contributed by atoms with Crippen molar-refractivity contribution >= 4 is 43.2 Å². The third kappa shape index (κ3) is 8.52. The minimum atomic E-state index is -3.60. The van der Waals surface area contributed by atoms with Crippen molar-refractivity contribution in [2.45, 2.75) is 43.9 Å². The maximum Gasteiger partial charge on any atom is 0.255 e. The van der Waals surface area contributed by atoms with E-state index < -0.39 is 20.0 Å². The molecule has 0 aromatic heterocycles. The Bertz CT molecular complexity index is 1740. The largest absolute Gasteiger partial charge is 0.322 e. The van der Waals surface area contributed by atoms with Crippen LogP contribution in [0.1, 0.15) is 59.5 Å². The summed E-state index contributed by atoms with van der Waals surface area (Å²) in [5, 5.41) is 5.68. The van der Waals surface area contributed by atoms with Crippen LogP contribution >= 0.6 is 0 Å². The quantitative estimate of drug-likeness (QED) is 0.172. The molecule has 0 spiro atoms. The minimum absolute atomic E-state index is 0.146. The Hall–Kier alpha value is -4.36. The lowest BCUT2D eigenvalue weighted by atomic mass is 10.0. The van der Waals surface area contributed by atoms with E-state index in [0.717, 1.165) is 11.1 Å². The van der Waals surface area contributed by atoms with Gasteiger partial charge in [0.15, 0.2) is 0 Å². The Morgan fingerprint density at radius 2 is 0.787 bits per heavy atom. The van der Waals surface area contributed by atoms with E-state index >= 15 is 0 Å². The Morgan fingerprint density at radius 3 is 1.06 bits per heavy atom. The highest BCUT2D eigenvalue weighted by molar-refractivity contribution is 7.89. The summed E-state index contributed by atoms with van der Waals surface area (Å²) in [6, 6.07) is 26.7. The summed E-state index contributed by atoms with van der Waals surface area (Å²) in [5.74, 6) is -0.689. The van der Waals surface area contributed by atoms with Gasteiger partial charge in [0.2, 0.25) is 20.0 Å². The summed E-state index contributed by atoms with van der Waals surface area (Å²) in [5.41, 5.74) is 3.95. The number of rotatable bonds is 14. The van der Waals surface area contributed by atoms with Gasteiger partial charge in [-0.25, -0.2) is 16.8 Å². The topological polar surface area (TPSA) is 133 Å². The molecule has 4 rings (SSSR count). The molecule has 0 aliphatic rings. The average Bonchev–Trinajstić information content (AvgIpc) is 3.07. The first-order chi connectivity index (χ1) is 22.4. The summed E-state index contributed by atoms with van der Waals surface area (Å²) in [6.45, 7) is 8.59. The smallest absolute Gasteiger partial charge is 0.255 e. The number of amides is 2. The van der Waals surface area contributed by atoms with Crippen molar-refractivity contribution in [1.82, 2.24) is 8.61 Å². The van der Waals surface area contributed by atoms with Gasteiger partial charge in [0, 0.05) is 48.7 Å². The van der Waals surface area contributed by atoms with Crippen molar-refractivity contribution in [1.29, 1.82) is 0 Å². The highest BCUT2D eigenvalue weighted by Gasteiger charge is 2.23. The van der Waals surface area contributed by atoms with Crippen LogP contribution in [0.3, 0.4) is 0 Å². The molecule has 248 valence electrons. The zero-order chi connectivity index (χ0) is 34.2. The minimum Gasteiger partial charge on any atom is -0.322 e. The molecule has 0 heterocycles. The Labute approximate surface area is 277 Å². The van der Waals surface area contributed by atoms with Crippen molar-refractivity contribution < 1.29 is 26.4 Å². The third-order valence-corrected chi connectivity index (χ3v) is 11.9. The molecule has 2 amide bonds. The van der Waals surface area contributed by atoms with Crippen LogP contribution in [0, 0.1) is 0 Å². The van der Waals surface area contributed by atoms with E-state index in [9.17, 15) is 26.4 Å². The second-order valence-corrected chi connectivity index (χ2v) is 14.6. The van der Waals surface area contributed by atoms with Crippen LogP contribution in [-0.2, 0) is 26.5 Å². The van der Waals surface area contributed by atoms with Crippen LogP contribution in [0.4, 0.5) is 11.4 Å². The van der Waals surface area contributed by atoms with Gasteiger partial charge in [0.25, 0.3) is 11.8 Å². The van der Waals surface area contributed by atoms with Crippen molar-refractivity contribution in [2.24, 2.45) is 0 Å². The molecule has 2 N–H and O–H groups in total. The fourth-order valence-electron chi connectivity index (χ4n) is 5.04. The SMILES string of the molecule is CCN(CC)S(=O)(=O)c1ccc(C(=O)Nc2ccc(Cc3ccc(NC(=O)c4ccc(S(=O)(=O)N(CC)CC)cc4)cc3)cc2)cc1. The molecule has 10 nitrogen and oxygen atoms in total. The van der Waals surface area contributed by atoms with Crippen molar-refractivity contribution in [2.75, 3.05) is 36.8 Å². The lowest BCUT2D eigenvalue weighted by molar-refractivity contribution is 0.101. The number of nitrogens with zero attached hydrogens (tertiary/aromatic N) is 2. The molecule has 0 saturated carbocycles. The van der Waals surface area contributed by atoms with E-state index in [1.165, 1.54) is 57.1 Å². The van der Waals surface area contributed by atoms with Gasteiger partial charge in [-0.05, 0) is 90.3 Å². The van der Waals surface area contributed by atoms with Gasteiger partial charge in [0.05, 0.1) is 9.79 Å². The predicted molar refractivity (Wildman–Crippen MR) is 185 cm³/mol. The first kappa shape index (κ1) is 35.5. The van der Waals surface area contributed by atoms with Crippen LogP contribution in [0.2, 0.25) is 0 Å². The van der Waals surface area contributed by atoms with Crippen molar-refractivity contribution in [3.8, 4) is 0 Å². The van der Waals surface area contributed by atoms with Gasteiger partial charge in [-0.3, -0.25) is 9.59 Å². The molecular weight excluding hydrogens is 637 g/mol. The van der Waals surface area contributed by atoms with Crippen LogP contribution in [0.25, 0.3) is 0 Å². The highest BCUT2D eigenvalue weighted by Crippen LogP contribution is 2.20. The molecule has 0 unspecified atom stereocenters. The Morgan fingerprint density at radius 1 is 0.489 bits per heavy atom. The van der Waals surface area contributed by atoms with E-state index in [-0.39, 0.29) is 21.6 Å². The molecule has 0 aliphatic carbocycles. The summed E-state index contributed by atoms with van der Waals surface area (Å²) in [6.07, 6.45) is 0.632. The van der Waals surface area contributed by atoms with Gasteiger partial charge in [-0.2, -0.15) is 8.61 Å². The molecule has 0 bridgehead atoms. The standard InChI is InChI=1S/C35H40N4O6S2/c1-5-38(6-2)46(42,43)32-21-13-28(14-22-32)34(40)36-30-17-9-26(10-18-30)25-27-11-19-31(20-12-27)37-35(41)29-15-23-33(24-16-29)47(44,45)39(7-3)8-4/h9-24H,5-8,25H2,1-4H3,(H,36,40)(H,37,41). The maximum absolute atomic E-state index is 12.8. The van der Waals surface area contributed by atoms with Crippen LogP contribution in [0.15, 0.2) is 107 Å². The van der Waals surface area contributed by atoms with Crippen LogP contribution in [-0.4, -0.2) is 63.4 Å². The normalized spacial score (nSPS) is 11.9. The number of hydrogen-bond acceptors (Lipinski definition) is 6. The molecular formula is C35H40N4O6S2. The molecule has 4 aromatic carbocycles. The summed E-state index contributed by atoms with van der Waals surface area (Å²) >= 11 is 0. The summed E-state index contributed by atoms with van der Waals surface area (Å²) in [7, 11) is -7.19. The zero-order valence-electron chi connectivity index (χ0n) is 26.9. The Balaban J connectivity index is 1.32. The van der Waals surface area contributed by atoms with E-state index in [4.69, 9.17) is 0 Å². The van der Waals surface area contributed by atoms with E-state index in [1.54, 1.807) is 52.0 Å². The molecule has 0 radical (unpaired) electrons. The van der Waals surface area contributed by atoms with Crippen molar-refractivity contribution in [3.05, 3.63) is 119 Å². The van der Waals surface area contributed by atoms with Crippen molar-refractivity contribution in [3.63, 3.8) is 0 Å². The average molecular weight is 677 g/mol. The molecule has 0 fully saturated rings. The maximum atomic E-state index is 12.8. The number of hydrogen-bond donors (Lipinski definition) is 2. The second-order valence-electron chi connectivity index (χ2n) is 10.7. The summed E-state index contributed by atoms with van der Waals surface area (Å²) in [4.78, 5) is 25.8.